The van der Waals surface area contributed by atoms with E-state index in [9.17, 15) is 18.4 Å². The molecule has 1 aliphatic rings. The Morgan fingerprint density at radius 2 is 1.22 bits per heavy atom. The van der Waals surface area contributed by atoms with E-state index in [2.05, 4.69) is 0 Å². The summed E-state index contributed by atoms with van der Waals surface area (Å²) in [5.41, 5.74) is 0.512. The van der Waals surface area contributed by atoms with Gasteiger partial charge in [-0.15, -0.1) is 0 Å². The van der Waals surface area contributed by atoms with Gasteiger partial charge in [0.1, 0.15) is 0 Å². The molecule has 110 valence electrons. The highest BCUT2D eigenvalue weighted by Crippen LogP contribution is 2.51. The molecule has 0 atom stereocenters. The van der Waals surface area contributed by atoms with Crippen LogP contribution >= 0.6 is 0 Å². The van der Waals surface area contributed by atoms with Gasteiger partial charge in [0, 0.05) is 22.3 Å². The Bertz CT molecular complexity index is 764. The molecule has 2 nitrogen and oxygen atoms in total. The largest absolute Gasteiger partial charge is 0.299 e. The molecule has 6 heteroatoms. The van der Waals surface area contributed by atoms with Crippen LogP contribution in [-0.2, 0) is 5.92 Å². The van der Waals surface area contributed by atoms with E-state index in [4.69, 9.17) is 15.7 Å². The minimum atomic E-state index is -3.28. The summed E-state index contributed by atoms with van der Waals surface area (Å²) >= 11 is 0. The molecule has 0 saturated heterocycles. The topological polar surface area (TPSA) is 34.1 Å². The third-order valence-electron chi connectivity index (χ3n) is 4.02. The summed E-state index contributed by atoms with van der Waals surface area (Å²) < 4.78 is 29.5. The molecule has 3 rings (SSSR count). The first-order valence-corrected chi connectivity index (χ1v) is 7.04. The first-order chi connectivity index (χ1) is 10.9. The second kappa shape index (κ2) is 5.44. The molecule has 2 aromatic rings. The van der Waals surface area contributed by atoms with Gasteiger partial charge >= 0.3 is 0 Å². The summed E-state index contributed by atoms with van der Waals surface area (Å²) in [5, 5.41) is 0. The van der Waals surface area contributed by atoms with Crippen LogP contribution in [0.25, 0.3) is 11.1 Å². The summed E-state index contributed by atoms with van der Waals surface area (Å²) in [4.78, 5) is 23.3. The van der Waals surface area contributed by atoms with Gasteiger partial charge in [-0.3, -0.25) is 9.59 Å². The molecule has 0 amide bonds. The Morgan fingerprint density at radius 1 is 0.826 bits per heavy atom. The first-order valence-electron chi connectivity index (χ1n) is 7.04. The second-order valence-electron chi connectivity index (χ2n) is 5.35. The lowest BCUT2D eigenvalue weighted by atomic mass is 9.93. The highest BCUT2D eigenvalue weighted by atomic mass is 19.3. The van der Waals surface area contributed by atoms with Gasteiger partial charge in [0.2, 0.25) is 0 Å². The minimum absolute atomic E-state index is 0.150. The fraction of sp³-hybridized carbons (Fsp3) is 0.176. The summed E-state index contributed by atoms with van der Waals surface area (Å²) in [5.74, 6) is -4.09. The summed E-state index contributed by atoms with van der Waals surface area (Å²) in [6, 6.07) is 8.30. The quantitative estimate of drug-likeness (QED) is 0.641. The van der Waals surface area contributed by atoms with Crippen LogP contribution in [0.3, 0.4) is 0 Å². The number of carbonyl (C=O) groups excluding carboxylic acids is 2. The van der Waals surface area contributed by atoms with Crippen LogP contribution in [0.2, 0.25) is 12.6 Å². The maximum atomic E-state index is 14.7. The van der Waals surface area contributed by atoms with Crippen LogP contribution in [0.5, 0.6) is 0 Å². The Morgan fingerprint density at radius 3 is 1.57 bits per heavy atom. The van der Waals surface area contributed by atoms with Gasteiger partial charge in [-0.2, -0.15) is 8.78 Å². The molecule has 23 heavy (non-hydrogen) atoms. The van der Waals surface area contributed by atoms with Crippen LogP contribution in [0.4, 0.5) is 8.78 Å². The standard InChI is InChI=1S/C17H10B2F2O2/c18-7-15(22)9-1-3-11-12-4-2-10(16(23)8-19)6-14(12)17(20,21)13(11)5-9/h1-6H,7-8H2. The van der Waals surface area contributed by atoms with Crippen molar-refractivity contribution in [2.75, 3.05) is 0 Å². The first kappa shape index (κ1) is 15.7. The van der Waals surface area contributed by atoms with Crippen molar-refractivity contribution in [2.45, 2.75) is 18.6 Å². The van der Waals surface area contributed by atoms with Crippen LogP contribution in [0.1, 0.15) is 31.8 Å². The predicted octanol–water partition coefficient (Wildman–Crippen LogP) is 3.35. The normalized spacial score (nSPS) is 14.2. The predicted molar refractivity (Wildman–Crippen MR) is 84.7 cm³/mol. The summed E-state index contributed by atoms with van der Waals surface area (Å²) in [6.45, 7) is 0. The zero-order valence-corrected chi connectivity index (χ0v) is 12.1. The molecule has 1 aliphatic carbocycles. The van der Waals surface area contributed by atoms with Crippen LogP contribution in [0.15, 0.2) is 36.4 Å². The van der Waals surface area contributed by atoms with Crippen LogP contribution in [-0.4, -0.2) is 27.3 Å². The number of alkyl halides is 2. The van der Waals surface area contributed by atoms with E-state index in [0.29, 0.717) is 11.1 Å². The number of ketones is 2. The van der Waals surface area contributed by atoms with Crippen molar-refractivity contribution in [2.24, 2.45) is 0 Å². The molecule has 4 radical (unpaired) electrons. The molecular weight excluding hydrogens is 296 g/mol. The van der Waals surface area contributed by atoms with Crippen molar-refractivity contribution < 1.29 is 18.4 Å². The fourth-order valence-corrected chi connectivity index (χ4v) is 2.81. The van der Waals surface area contributed by atoms with E-state index in [-0.39, 0.29) is 34.9 Å². The van der Waals surface area contributed by atoms with E-state index in [1.165, 1.54) is 36.4 Å². The average Bonchev–Trinajstić information content (AvgIpc) is 2.80. The smallest absolute Gasteiger partial charge is 0.295 e. The SMILES string of the molecule is [B]CC(=O)c1ccc2c(c1)C(F)(F)c1cc(C(=O)C[B])ccc1-2. The van der Waals surface area contributed by atoms with Crippen molar-refractivity contribution in [3.05, 3.63) is 58.7 Å². The minimum Gasteiger partial charge on any atom is -0.295 e. The third-order valence-corrected chi connectivity index (χ3v) is 4.02. The Kier molecular flexibility index (Phi) is 3.71. The number of carbonyl (C=O) groups is 2. The lowest BCUT2D eigenvalue weighted by Gasteiger charge is -2.13. The highest BCUT2D eigenvalue weighted by molar-refractivity contribution is 6.24. The maximum absolute atomic E-state index is 14.7. The number of benzene rings is 2. The third kappa shape index (κ3) is 2.33. The molecule has 0 N–H and O–H groups in total. The van der Waals surface area contributed by atoms with Gasteiger partial charge in [-0.05, 0) is 35.9 Å². The van der Waals surface area contributed by atoms with E-state index in [1.54, 1.807) is 0 Å². The van der Waals surface area contributed by atoms with Crippen molar-refractivity contribution >= 4 is 27.3 Å². The molecule has 0 fully saturated rings. The number of fused-ring (bicyclic) bond motifs is 3. The number of hydrogen-bond acceptors (Lipinski definition) is 2. The summed E-state index contributed by atoms with van der Waals surface area (Å²) in [7, 11) is 10.6. The molecule has 0 heterocycles. The highest BCUT2D eigenvalue weighted by Gasteiger charge is 2.44. The Labute approximate surface area is 134 Å². The molecule has 2 aromatic carbocycles. The Balaban J connectivity index is 2.17. The van der Waals surface area contributed by atoms with Gasteiger partial charge in [-0.1, -0.05) is 24.3 Å². The molecule has 0 saturated carbocycles. The van der Waals surface area contributed by atoms with Crippen molar-refractivity contribution in [3.8, 4) is 11.1 Å². The Hall–Kier alpha value is -2.23. The molecule has 0 unspecified atom stereocenters. The molecule has 0 aromatic heterocycles. The summed E-state index contributed by atoms with van der Waals surface area (Å²) in [6.07, 6.45) is -0.487. The monoisotopic (exact) mass is 306 g/mol. The van der Waals surface area contributed by atoms with E-state index >= 15 is 0 Å². The molecule has 0 aliphatic heterocycles. The van der Waals surface area contributed by atoms with Crippen molar-refractivity contribution in [1.82, 2.24) is 0 Å². The molecule has 0 bridgehead atoms. The number of rotatable bonds is 4. The average molecular weight is 306 g/mol. The van der Waals surface area contributed by atoms with Crippen molar-refractivity contribution in [1.29, 1.82) is 0 Å². The second-order valence-corrected chi connectivity index (χ2v) is 5.35. The van der Waals surface area contributed by atoms with Gasteiger partial charge < -0.3 is 0 Å². The lowest BCUT2D eigenvalue weighted by molar-refractivity contribution is 0.0479. The van der Waals surface area contributed by atoms with Gasteiger partial charge in [-0.25, -0.2) is 0 Å². The van der Waals surface area contributed by atoms with Gasteiger partial charge in [0.25, 0.3) is 5.92 Å². The molecular formula is C17H10B2F2O2. The number of Topliss-reactive ketones (excluding diaryl/α,β-unsaturated/α-hetero) is 2. The van der Waals surface area contributed by atoms with Crippen LogP contribution < -0.4 is 0 Å². The maximum Gasteiger partial charge on any atom is 0.299 e. The number of halogens is 2. The van der Waals surface area contributed by atoms with Gasteiger partial charge in [0.15, 0.2) is 11.6 Å². The van der Waals surface area contributed by atoms with E-state index in [1.807, 2.05) is 0 Å². The van der Waals surface area contributed by atoms with E-state index in [0.717, 1.165) is 0 Å². The van der Waals surface area contributed by atoms with E-state index < -0.39 is 17.5 Å². The fourth-order valence-electron chi connectivity index (χ4n) is 2.81. The zero-order valence-electron chi connectivity index (χ0n) is 12.1. The van der Waals surface area contributed by atoms with Crippen LogP contribution in [0, 0.1) is 0 Å². The lowest BCUT2D eigenvalue weighted by Crippen LogP contribution is -2.13. The zero-order chi connectivity index (χ0) is 16.8. The number of hydrogen-bond donors (Lipinski definition) is 0. The van der Waals surface area contributed by atoms with Crippen molar-refractivity contribution in [3.63, 3.8) is 0 Å². The molecule has 0 spiro atoms. The van der Waals surface area contributed by atoms with Gasteiger partial charge in [0.05, 0.1) is 15.7 Å².